The Bertz CT molecular complexity index is 407. The minimum absolute atomic E-state index is 0.168. The minimum atomic E-state index is -0.527. The molecule has 0 bridgehead atoms. The maximum atomic E-state index is 10.3. The van der Waals surface area contributed by atoms with Crippen molar-refractivity contribution >= 4 is 0 Å². The van der Waals surface area contributed by atoms with Gasteiger partial charge in [-0.05, 0) is 31.0 Å². The molecule has 0 amide bonds. The van der Waals surface area contributed by atoms with Gasteiger partial charge in [-0.3, -0.25) is 4.90 Å². The number of likely N-dealkylation sites (N-methyl/N-ethyl adjacent to an activating group) is 1. The predicted molar refractivity (Wildman–Crippen MR) is 80.2 cm³/mol. The van der Waals surface area contributed by atoms with Crippen LogP contribution in [0, 0.1) is 0 Å². The lowest BCUT2D eigenvalue weighted by Gasteiger charge is -2.36. The third-order valence-electron chi connectivity index (χ3n) is 4.32. The zero-order valence-electron chi connectivity index (χ0n) is 12.2. The molecular weight excluding hydrogens is 252 g/mol. The number of nitrogens with zero attached hydrogens (tertiary/aromatic N) is 1. The van der Waals surface area contributed by atoms with Crippen molar-refractivity contribution in [2.45, 2.75) is 50.5 Å². The summed E-state index contributed by atoms with van der Waals surface area (Å²) in [5, 5.41) is 20.4. The quantitative estimate of drug-likeness (QED) is 0.762. The second-order valence-electron chi connectivity index (χ2n) is 5.82. The van der Waals surface area contributed by atoms with Gasteiger partial charge in [-0.1, -0.05) is 37.1 Å². The highest BCUT2D eigenvalue weighted by Crippen LogP contribution is 2.24. The zero-order valence-corrected chi connectivity index (χ0v) is 12.2. The van der Waals surface area contributed by atoms with E-state index in [4.69, 9.17) is 5.73 Å². The van der Waals surface area contributed by atoms with Crippen LogP contribution in [0.5, 0.6) is 0 Å². The normalized spacial score (nSPS) is 24.9. The predicted octanol–water partition coefficient (Wildman–Crippen LogP) is 1.41. The number of aliphatic hydroxyl groups excluding tert-OH is 2. The summed E-state index contributed by atoms with van der Waals surface area (Å²) < 4.78 is 0. The average Bonchev–Trinajstić information content (AvgIpc) is 2.47. The lowest BCUT2D eigenvalue weighted by Crippen LogP contribution is -2.44. The summed E-state index contributed by atoms with van der Waals surface area (Å²) in [5.41, 5.74) is 7.54. The molecule has 0 aromatic heterocycles. The zero-order chi connectivity index (χ0) is 14.5. The molecule has 1 saturated carbocycles. The van der Waals surface area contributed by atoms with Crippen LogP contribution >= 0.6 is 0 Å². The summed E-state index contributed by atoms with van der Waals surface area (Å²) in [6, 6.07) is 7.93. The summed E-state index contributed by atoms with van der Waals surface area (Å²) in [6.07, 6.45) is 3.36. The van der Waals surface area contributed by atoms with Crippen molar-refractivity contribution in [3.8, 4) is 0 Å². The van der Waals surface area contributed by atoms with Crippen LogP contribution < -0.4 is 5.73 Å². The lowest BCUT2D eigenvalue weighted by atomic mass is 9.91. The third-order valence-corrected chi connectivity index (χ3v) is 4.32. The van der Waals surface area contributed by atoms with E-state index in [0.29, 0.717) is 13.1 Å². The second kappa shape index (κ2) is 7.18. The van der Waals surface area contributed by atoms with E-state index < -0.39 is 6.10 Å². The fourth-order valence-electron chi connectivity index (χ4n) is 3.00. The largest absolute Gasteiger partial charge is 0.391 e. The number of rotatable bonds is 5. The topological polar surface area (TPSA) is 69.7 Å². The molecule has 1 aliphatic carbocycles. The van der Waals surface area contributed by atoms with Gasteiger partial charge in [-0.25, -0.2) is 0 Å². The van der Waals surface area contributed by atoms with Crippen LogP contribution in [-0.2, 0) is 6.54 Å². The molecule has 4 heteroatoms. The van der Waals surface area contributed by atoms with E-state index >= 15 is 0 Å². The number of aliphatic hydroxyl groups is 2. The Morgan fingerprint density at radius 2 is 1.90 bits per heavy atom. The highest BCUT2D eigenvalue weighted by Gasteiger charge is 2.27. The van der Waals surface area contributed by atoms with Crippen LogP contribution in [0.3, 0.4) is 0 Å². The van der Waals surface area contributed by atoms with Crippen molar-refractivity contribution in [2.75, 3.05) is 13.6 Å². The molecule has 2 rings (SSSR count). The van der Waals surface area contributed by atoms with Gasteiger partial charge in [-0.2, -0.15) is 0 Å². The highest BCUT2D eigenvalue weighted by molar-refractivity contribution is 5.24. The summed E-state index contributed by atoms with van der Waals surface area (Å²) >= 11 is 0. The van der Waals surface area contributed by atoms with Gasteiger partial charge in [0.1, 0.15) is 0 Å². The van der Waals surface area contributed by atoms with Gasteiger partial charge in [0.2, 0.25) is 0 Å². The van der Waals surface area contributed by atoms with Crippen molar-refractivity contribution in [1.29, 1.82) is 0 Å². The van der Waals surface area contributed by atoms with Gasteiger partial charge in [0, 0.05) is 19.1 Å². The maximum Gasteiger partial charge on any atom is 0.0916 e. The fraction of sp³-hybridized carbons (Fsp3) is 0.625. The molecule has 4 N–H and O–H groups in total. The first kappa shape index (κ1) is 15.4. The SMILES string of the molecule is CN(CC(O)c1ccc(CN)cc1)C1CCCCC1O. The molecule has 3 unspecified atom stereocenters. The first-order valence-electron chi connectivity index (χ1n) is 7.47. The van der Waals surface area contributed by atoms with E-state index in [1.807, 2.05) is 31.3 Å². The van der Waals surface area contributed by atoms with Gasteiger partial charge in [-0.15, -0.1) is 0 Å². The number of benzene rings is 1. The lowest BCUT2D eigenvalue weighted by molar-refractivity contribution is 0.0109. The van der Waals surface area contributed by atoms with Gasteiger partial charge in [0.25, 0.3) is 0 Å². The standard InChI is InChI=1S/C16H26N2O2/c1-18(14-4-2-3-5-15(14)19)11-16(20)13-8-6-12(10-17)7-9-13/h6-9,14-16,19-20H,2-5,10-11,17H2,1H3. The van der Waals surface area contributed by atoms with Gasteiger partial charge in [0.05, 0.1) is 12.2 Å². The molecule has 0 radical (unpaired) electrons. The first-order chi connectivity index (χ1) is 9.61. The number of nitrogens with two attached hydrogens (primary N) is 1. The summed E-state index contributed by atoms with van der Waals surface area (Å²) in [7, 11) is 1.98. The molecule has 0 heterocycles. The molecule has 20 heavy (non-hydrogen) atoms. The van der Waals surface area contributed by atoms with Crippen LogP contribution in [0.25, 0.3) is 0 Å². The molecule has 1 fully saturated rings. The van der Waals surface area contributed by atoms with Crippen LogP contribution in [0.2, 0.25) is 0 Å². The first-order valence-corrected chi connectivity index (χ1v) is 7.47. The molecule has 112 valence electrons. The molecule has 0 spiro atoms. The average molecular weight is 278 g/mol. The molecule has 0 saturated heterocycles. The van der Waals surface area contributed by atoms with E-state index in [1.165, 1.54) is 0 Å². The Hall–Kier alpha value is -0.940. The third kappa shape index (κ3) is 3.79. The Kier molecular flexibility index (Phi) is 5.54. The van der Waals surface area contributed by atoms with Gasteiger partial charge < -0.3 is 15.9 Å². The molecule has 0 aliphatic heterocycles. The van der Waals surface area contributed by atoms with Crippen LogP contribution in [0.1, 0.15) is 42.9 Å². The number of hydrogen-bond donors (Lipinski definition) is 3. The van der Waals surface area contributed by atoms with Crippen molar-refractivity contribution in [2.24, 2.45) is 5.73 Å². The van der Waals surface area contributed by atoms with Crippen molar-refractivity contribution in [3.63, 3.8) is 0 Å². The summed E-state index contributed by atoms with van der Waals surface area (Å²) in [4.78, 5) is 2.09. The summed E-state index contributed by atoms with van der Waals surface area (Å²) in [6.45, 7) is 1.06. The Morgan fingerprint density at radius 1 is 1.25 bits per heavy atom. The molecule has 3 atom stereocenters. The van der Waals surface area contributed by atoms with Crippen LogP contribution in [-0.4, -0.2) is 40.9 Å². The summed E-state index contributed by atoms with van der Waals surface area (Å²) in [5.74, 6) is 0. The Labute approximate surface area is 121 Å². The van der Waals surface area contributed by atoms with E-state index in [0.717, 1.165) is 36.8 Å². The maximum absolute atomic E-state index is 10.3. The van der Waals surface area contributed by atoms with E-state index in [-0.39, 0.29) is 12.1 Å². The highest BCUT2D eigenvalue weighted by atomic mass is 16.3. The van der Waals surface area contributed by atoms with Gasteiger partial charge >= 0.3 is 0 Å². The molecule has 1 aliphatic rings. The molecular formula is C16H26N2O2. The second-order valence-corrected chi connectivity index (χ2v) is 5.82. The van der Waals surface area contributed by atoms with E-state index in [1.54, 1.807) is 0 Å². The monoisotopic (exact) mass is 278 g/mol. The van der Waals surface area contributed by atoms with Crippen molar-refractivity contribution in [3.05, 3.63) is 35.4 Å². The van der Waals surface area contributed by atoms with E-state index in [2.05, 4.69) is 4.90 Å². The van der Waals surface area contributed by atoms with Crippen LogP contribution in [0.4, 0.5) is 0 Å². The Balaban J connectivity index is 1.93. The van der Waals surface area contributed by atoms with E-state index in [9.17, 15) is 10.2 Å². The molecule has 4 nitrogen and oxygen atoms in total. The minimum Gasteiger partial charge on any atom is -0.391 e. The van der Waals surface area contributed by atoms with Crippen LogP contribution in [0.15, 0.2) is 24.3 Å². The fourth-order valence-corrected chi connectivity index (χ4v) is 3.00. The molecule has 1 aromatic rings. The number of hydrogen-bond acceptors (Lipinski definition) is 4. The Morgan fingerprint density at radius 3 is 2.50 bits per heavy atom. The molecule has 1 aromatic carbocycles. The van der Waals surface area contributed by atoms with Crippen molar-refractivity contribution < 1.29 is 10.2 Å². The smallest absolute Gasteiger partial charge is 0.0916 e. The van der Waals surface area contributed by atoms with Crippen molar-refractivity contribution in [1.82, 2.24) is 4.90 Å². The van der Waals surface area contributed by atoms with Gasteiger partial charge in [0.15, 0.2) is 0 Å².